The van der Waals surface area contributed by atoms with E-state index in [1.165, 1.54) is 0 Å². The highest BCUT2D eigenvalue weighted by atomic mass is 79.9. The molecule has 152 valence electrons. The number of benzene rings is 2. The van der Waals surface area contributed by atoms with Crippen LogP contribution in [-0.2, 0) is 25.7 Å². The largest absolute Gasteiger partial charge is 0.455 e. The third kappa shape index (κ3) is 5.36. The Morgan fingerprint density at radius 3 is 2.69 bits per heavy atom. The molecule has 0 bridgehead atoms. The summed E-state index contributed by atoms with van der Waals surface area (Å²) in [5.41, 5.74) is 2.25. The lowest BCUT2D eigenvalue weighted by atomic mass is 10.1. The molecule has 29 heavy (non-hydrogen) atoms. The van der Waals surface area contributed by atoms with Crippen molar-refractivity contribution in [2.45, 2.75) is 19.9 Å². The van der Waals surface area contributed by atoms with Crippen molar-refractivity contribution in [1.82, 2.24) is 4.90 Å². The zero-order valence-electron chi connectivity index (χ0n) is 15.8. The number of halogens is 2. The third-order valence-corrected chi connectivity index (χ3v) is 6.10. The highest BCUT2D eigenvalue weighted by molar-refractivity contribution is 9.10. The number of hydrogen-bond acceptors (Lipinski definition) is 4. The molecule has 2 aromatic carbocycles. The van der Waals surface area contributed by atoms with Crippen LogP contribution in [0.25, 0.3) is 0 Å². The van der Waals surface area contributed by atoms with E-state index in [9.17, 15) is 14.4 Å². The Kier molecular flexibility index (Phi) is 6.92. The summed E-state index contributed by atoms with van der Waals surface area (Å²) < 4.78 is 5.86. The lowest BCUT2D eigenvalue weighted by Crippen LogP contribution is -2.28. The van der Waals surface area contributed by atoms with Crippen LogP contribution in [0.15, 0.2) is 46.9 Å². The molecule has 1 heterocycles. The Morgan fingerprint density at radius 2 is 1.97 bits per heavy atom. The minimum atomic E-state index is -0.567. The van der Waals surface area contributed by atoms with Gasteiger partial charge in [0.25, 0.3) is 5.91 Å². The summed E-state index contributed by atoms with van der Waals surface area (Å²) in [5, 5.41) is 3.18. The molecule has 1 N–H and O–H groups in total. The van der Waals surface area contributed by atoms with E-state index in [0.717, 1.165) is 10.0 Å². The molecular formula is C21H20BrClN2O4. The quantitative estimate of drug-likeness (QED) is 0.637. The number of carbonyl (C=O) groups is 3. The standard InChI is InChI=1S/C21H20BrClN2O4/c1-13-17(8-7-16(22)20(13)23)24-18(26)12-29-21(28)15-9-19(27)25(11-15)10-14-5-3-2-4-6-14/h2-8,15H,9-12H2,1H3,(H,24,26)/t15-/m1/s1. The molecule has 1 aliphatic rings. The number of likely N-dealkylation sites (tertiary alicyclic amines) is 1. The van der Waals surface area contributed by atoms with E-state index in [1.54, 1.807) is 24.0 Å². The average Bonchev–Trinajstić information content (AvgIpc) is 3.08. The summed E-state index contributed by atoms with van der Waals surface area (Å²) in [4.78, 5) is 38.3. The molecule has 1 atom stereocenters. The van der Waals surface area contributed by atoms with Crippen LogP contribution in [0.1, 0.15) is 17.5 Å². The van der Waals surface area contributed by atoms with Crippen molar-refractivity contribution >= 4 is 51.0 Å². The zero-order chi connectivity index (χ0) is 21.0. The second kappa shape index (κ2) is 9.41. The van der Waals surface area contributed by atoms with Crippen molar-refractivity contribution in [3.8, 4) is 0 Å². The molecule has 0 saturated carbocycles. The number of anilines is 1. The fraction of sp³-hybridized carbons (Fsp3) is 0.286. The van der Waals surface area contributed by atoms with Crippen LogP contribution >= 0.6 is 27.5 Å². The van der Waals surface area contributed by atoms with Crippen molar-refractivity contribution < 1.29 is 19.1 Å². The average molecular weight is 480 g/mol. The lowest BCUT2D eigenvalue weighted by molar-refractivity contribution is -0.151. The van der Waals surface area contributed by atoms with Crippen LogP contribution in [0.5, 0.6) is 0 Å². The molecule has 1 aliphatic heterocycles. The van der Waals surface area contributed by atoms with Crippen LogP contribution < -0.4 is 5.32 Å². The summed E-state index contributed by atoms with van der Waals surface area (Å²) in [5.74, 6) is -1.68. The highest BCUT2D eigenvalue weighted by Gasteiger charge is 2.35. The van der Waals surface area contributed by atoms with E-state index in [2.05, 4.69) is 21.2 Å². The summed E-state index contributed by atoms with van der Waals surface area (Å²) in [7, 11) is 0. The molecule has 0 aliphatic carbocycles. The maximum Gasteiger partial charge on any atom is 0.311 e. The molecule has 1 fully saturated rings. The summed E-state index contributed by atoms with van der Waals surface area (Å²) in [6.07, 6.45) is 0.0920. The van der Waals surface area contributed by atoms with Gasteiger partial charge in [0, 0.05) is 29.7 Å². The number of nitrogens with zero attached hydrogens (tertiary/aromatic N) is 1. The maximum atomic E-state index is 12.3. The first-order valence-corrected chi connectivity index (χ1v) is 10.2. The van der Waals surface area contributed by atoms with Gasteiger partial charge in [-0.3, -0.25) is 14.4 Å². The zero-order valence-corrected chi connectivity index (χ0v) is 18.1. The summed E-state index contributed by atoms with van der Waals surface area (Å²) in [6, 6.07) is 13.0. The molecule has 0 aromatic heterocycles. The van der Waals surface area contributed by atoms with Crippen LogP contribution in [0.4, 0.5) is 5.69 Å². The van der Waals surface area contributed by atoms with E-state index in [-0.39, 0.29) is 18.9 Å². The second-order valence-electron chi connectivity index (χ2n) is 6.85. The van der Waals surface area contributed by atoms with Gasteiger partial charge in [-0.15, -0.1) is 0 Å². The SMILES string of the molecule is Cc1c(NC(=O)COC(=O)[C@@H]2CC(=O)N(Cc3ccccc3)C2)ccc(Br)c1Cl. The van der Waals surface area contributed by atoms with E-state index in [1.807, 2.05) is 30.3 Å². The van der Waals surface area contributed by atoms with Gasteiger partial charge in [-0.05, 0) is 46.1 Å². The van der Waals surface area contributed by atoms with E-state index < -0.39 is 24.4 Å². The third-order valence-electron chi connectivity index (χ3n) is 4.72. The molecule has 2 amide bonds. The van der Waals surface area contributed by atoms with Crippen molar-refractivity contribution in [2.24, 2.45) is 5.92 Å². The maximum absolute atomic E-state index is 12.3. The number of hydrogen-bond donors (Lipinski definition) is 1. The van der Waals surface area contributed by atoms with Crippen molar-refractivity contribution in [1.29, 1.82) is 0 Å². The fourth-order valence-corrected chi connectivity index (χ4v) is 3.71. The number of nitrogens with one attached hydrogen (secondary N) is 1. The molecule has 0 spiro atoms. The van der Waals surface area contributed by atoms with Gasteiger partial charge in [0.15, 0.2) is 6.61 Å². The Morgan fingerprint density at radius 1 is 1.24 bits per heavy atom. The van der Waals surface area contributed by atoms with Crippen LogP contribution in [0, 0.1) is 12.8 Å². The first kappa shape index (κ1) is 21.3. The number of esters is 1. The summed E-state index contributed by atoms with van der Waals surface area (Å²) >= 11 is 9.46. The van der Waals surface area contributed by atoms with Gasteiger partial charge >= 0.3 is 5.97 Å². The number of ether oxygens (including phenoxy) is 1. The van der Waals surface area contributed by atoms with Gasteiger partial charge < -0.3 is 15.0 Å². The van der Waals surface area contributed by atoms with Gasteiger partial charge in [-0.25, -0.2) is 0 Å². The van der Waals surface area contributed by atoms with Gasteiger partial charge in [-0.2, -0.15) is 0 Å². The van der Waals surface area contributed by atoms with Crippen LogP contribution in [-0.4, -0.2) is 35.8 Å². The first-order valence-electron chi connectivity index (χ1n) is 9.08. The highest BCUT2D eigenvalue weighted by Crippen LogP contribution is 2.31. The molecule has 0 unspecified atom stereocenters. The fourth-order valence-electron chi connectivity index (χ4n) is 3.11. The van der Waals surface area contributed by atoms with E-state index in [4.69, 9.17) is 16.3 Å². The number of rotatable bonds is 6. The Labute approximate surface area is 182 Å². The minimum Gasteiger partial charge on any atom is -0.455 e. The normalized spacial score (nSPS) is 16.0. The molecule has 6 nitrogen and oxygen atoms in total. The molecule has 8 heteroatoms. The Balaban J connectivity index is 1.50. The minimum absolute atomic E-state index is 0.0920. The van der Waals surface area contributed by atoms with E-state index >= 15 is 0 Å². The predicted molar refractivity (Wildman–Crippen MR) is 113 cm³/mol. The predicted octanol–water partition coefficient (Wildman–Crippen LogP) is 3.94. The van der Waals surface area contributed by atoms with Crippen molar-refractivity contribution in [3.05, 3.63) is 63.1 Å². The smallest absolute Gasteiger partial charge is 0.311 e. The molecular weight excluding hydrogens is 460 g/mol. The van der Waals surface area contributed by atoms with Crippen molar-refractivity contribution in [2.75, 3.05) is 18.5 Å². The summed E-state index contributed by atoms with van der Waals surface area (Å²) in [6.45, 7) is 2.10. The van der Waals surface area contributed by atoms with Gasteiger partial charge in [0.1, 0.15) is 0 Å². The molecule has 1 saturated heterocycles. The monoisotopic (exact) mass is 478 g/mol. The molecule has 0 radical (unpaired) electrons. The topological polar surface area (TPSA) is 75.7 Å². The molecule has 2 aromatic rings. The second-order valence-corrected chi connectivity index (χ2v) is 8.08. The van der Waals surface area contributed by atoms with Crippen molar-refractivity contribution in [3.63, 3.8) is 0 Å². The van der Waals surface area contributed by atoms with Gasteiger partial charge in [0.2, 0.25) is 5.91 Å². The van der Waals surface area contributed by atoms with Gasteiger partial charge in [-0.1, -0.05) is 41.9 Å². The molecule has 3 rings (SSSR count). The van der Waals surface area contributed by atoms with Crippen LogP contribution in [0.2, 0.25) is 5.02 Å². The Bertz CT molecular complexity index is 936. The lowest BCUT2D eigenvalue weighted by Gasteiger charge is -2.16. The van der Waals surface area contributed by atoms with Gasteiger partial charge in [0.05, 0.1) is 10.9 Å². The number of carbonyl (C=O) groups excluding carboxylic acids is 3. The van der Waals surface area contributed by atoms with Crippen LogP contribution in [0.3, 0.4) is 0 Å². The Hall–Kier alpha value is -2.38. The number of amides is 2. The first-order chi connectivity index (χ1) is 13.8. The van der Waals surface area contributed by atoms with E-state index in [0.29, 0.717) is 22.8 Å².